The van der Waals surface area contributed by atoms with E-state index in [0.29, 0.717) is 0 Å². The Hall–Kier alpha value is -7.42. The Morgan fingerprint density at radius 1 is 0.356 bits per heavy atom. The van der Waals surface area contributed by atoms with Gasteiger partial charge in [0, 0.05) is 38.8 Å². The minimum Gasteiger partial charge on any atom is -0.310 e. The van der Waals surface area contributed by atoms with Crippen molar-refractivity contribution in [3.8, 4) is 50.2 Å². The summed E-state index contributed by atoms with van der Waals surface area (Å²) in [6.45, 7) is 4.72. The Balaban J connectivity index is 1.06. The van der Waals surface area contributed by atoms with Crippen LogP contribution in [0.2, 0.25) is 0 Å². The minimum absolute atomic E-state index is 0.127. The van der Waals surface area contributed by atoms with E-state index in [9.17, 15) is 0 Å². The number of hydrogen-bond donors (Lipinski definition) is 0. The second kappa shape index (κ2) is 13.9. The number of anilines is 3. The molecule has 0 N–H and O–H groups in total. The van der Waals surface area contributed by atoms with Crippen molar-refractivity contribution in [2.75, 3.05) is 4.90 Å². The molecule has 0 aliphatic heterocycles. The molecular weight excluding hydrogens is 713 g/mol. The minimum atomic E-state index is -0.127. The highest BCUT2D eigenvalue weighted by Gasteiger charge is 2.36. The van der Waals surface area contributed by atoms with Gasteiger partial charge in [-0.25, -0.2) is 0 Å². The van der Waals surface area contributed by atoms with Gasteiger partial charge in [0.2, 0.25) is 0 Å². The predicted octanol–water partition coefficient (Wildman–Crippen LogP) is 15.6. The highest BCUT2D eigenvalue weighted by atomic mass is 15.1. The van der Waals surface area contributed by atoms with Gasteiger partial charge in [-0.3, -0.25) is 0 Å². The molecule has 0 unspecified atom stereocenters. The van der Waals surface area contributed by atoms with Crippen molar-refractivity contribution < 1.29 is 0 Å². The van der Waals surface area contributed by atoms with Gasteiger partial charge in [-0.15, -0.1) is 0 Å². The standard InChI is InChI=1S/C57H42N2/c1-57(2)52-25-12-9-22-47(52)48-34-33-46(38-53(48)57)58(56-35-30-43(39-16-5-3-6-17-39)37-51(56)41-18-7-4-8-19-41)44-31-28-40(29-32-44)42-20-15-21-45(36-42)59-54-26-13-10-23-49(54)50-24-11-14-27-55(50)59/h3-38H,1-2H3. The van der Waals surface area contributed by atoms with Crippen LogP contribution in [0.4, 0.5) is 17.1 Å². The van der Waals surface area contributed by atoms with Gasteiger partial charge in [0.1, 0.15) is 0 Å². The van der Waals surface area contributed by atoms with E-state index in [1.807, 2.05) is 0 Å². The van der Waals surface area contributed by atoms with Gasteiger partial charge in [0.05, 0.1) is 16.7 Å². The predicted molar refractivity (Wildman–Crippen MR) is 249 cm³/mol. The summed E-state index contributed by atoms with van der Waals surface area (Å²) in [5.74, 6) is 0. The molecular formula is C57H42N2. The largest absolute Gasteiger partial charge is 0.310 e. The fraction of sp³-hybridized carbons (Fsp3) is 0.0526. The smallest absolute Gasteiger partial charge is 0.0541 e. The molecule has 2 heteroatoms. The zero-order valence-corrected chi connectivity index (χ0v) is 33.2. The Kier molecular flexibility index (Phi) is 8.20. The van der Waals surface area contributed by atoms with Crippen LogP contribution in [0.1, 0.15) is 25.0 Å². The van der Waals surface area contributed by atoms with Crippen LogP contribution in [-0.2, 0) is 5.41 Å². The van der Waals surface area contributed by atoms with Crippen LogP contribution >= 0.6 is 0 Å². The maximum atomic E-state index is 2.45. The molecule has 1 heterocycles. The SMILES string of the molecule is CC1(C)c2ccccc2-c2ccc(N(c3ccc(-c4cccc(-n5c6ccccc6c6ccccc65)c4)cc3)c3ccc(-c4ccccc4)cc3-c3ccccc3)cc21. The Morgan fingerprint density at radius 3 is 1.63 bits per heavy atom. The van der Waals surface area contributed by atoms with Crippen LogP contribution in [0.15, 0.2) is 218 Å². The van der Waals surface area contributed by atoms with Crippen molar-refractivity contribution in [3.05, 3.63) is 230 Å². The average Bonchev–Trinajstić information content (AvgIpc) is 3.76. The molecule has 10 aromatic rings. The molecule has 9 aromatic carbocycles. The lowest BCUT2D eigenvalue weighted by Crippen LogP contribution is -2.17. The highest BCUT2D eigenvalue weighted by molar-refractivity contribution is 6.09. The molecule has 0 saturated heterocycles. The molecule has 280 valence electrons. The van der Waals surface area contributed by atoms with Crippen LogP contribution < -0.4 is 4.90 Å². The molecule has 0 atom stereocenters. The Labute approximate surface area is 345 Å². The fourth-order valence-electron chi connectivity index (χ4n) is 9.48. The molecule has 1 aromatic heterocycles. The number of hydrogen-bond acceptors (Lipinski definition) is 1. The first-order chi connectivity index (χ1) is 29.0. The second-order valence-corrected chi connectivity index (χ2v) is 16.2. The monoisotopic (exact) mass is 754 g/mol. The summed E-state index contributed by atoms with van der Waals surface area (Å²) < 4.78 is 2.39. The van der Waals surface area contributed by atoms with Crippen LogP contribution in [-0.4, -0.2) is 4.57 Å². The molecule has 1 aliphatic carbocycles. The van der Waals surface area contributed by atoms with E-state index in [-0.39, 0.29) is 5.41 Å². The lowest BCUT2D eigenvalue weighted by molar-refractivity contribution is 0.660. The topological polar surface area (TPSA) is 8.17 Å². The summed E-state index contributed by atoms with van der Waals surface area (Å²) in [6.07, 6.45) is 0. The van der Waals surface area contributed by atoms with E-state index in [1.54, 1.807) is 0 Å². The van der Waals surface area contributed by atoms with Crippen LogP contribution in [0.25, 0.3) is 72.0 Å². The van der Waals surface area contributed by atoms with Gasteiger partial charge < -0.3 is 9.47 Å². The third kappa shape index (κ3) is 5.79. The first kappa shape index (κ1) is 34.8. The molecule has 59 heavy (non-hydrogen) atoms. The summed E-state index contributed by atoms with van der Waals surface area (Å²) >= 11 is 0. The summed E-state index contributed by atoms with van der Waals surface area (Å²) in [5, 5.41) is 2.53. The second-order valence-electron chi connectivity index (χ2n) is 16.2. The van der Waals surface area contributed by atoms with Gasteiger partial charge in [0.15, 0.2) is 0 Å². The third-order valence-electron chi connectivity index (χ3n) is 12.4. The van der Waals surface area contributed by atoms with Gasteiger partial charge in [0.25, 0.3) is 0 Å². The number of para-hydroxylation sites is 2. The van der Waals surface area contributed by atoms with Crippen LogP contribution in [0.3, 0.4) is 0 Å². The fourth-order valence-corrected chi connectivity index (χ4v) is 9.48. The molecule has 0 saturated carbocycles. The van der Waals surface area contributed by atoms with Crippen LogP contribution in [0, 0.1) is 0 Å². The van der Waals surface area contributed by atoms with Crippen molar-refractivity contribution in [1.82, 2.24) is 4.57 Å². The quantitative estimate of drug-likeness (QED) is 0.157. The van der Waals surface area contributed by atoms with Gasteiger partial charge in [-0.1, -0.05) is 172 Å². The number of aromatic nitrogens is 1. The lowest BCUT2D eigenvalue weighted by Gasteiger charge is -2.30. The van der Waals surface area contributed by atoms with Crippen molar-refractivity contribution in [3.63, 3.8) is 0 Å². The number of rotatable bonds is 7. The van der Waals surface area contributed by atoms with Gasteiger partial charge in [-0.05, 0) is 111 Å². The van der Waals surface area contributed by atoms with E-state index >= 15 is 0 Å². The molecule has 1 aliphatic rings. The maximum absolute atomic E-state index is 2.45. The summed E-state index contributed by atoms with van der Waals surface area (Å²) in [7, 11) is 0. The van der Waals surface area contributed by atoms with Gasteiger partial charge >= 0.3 is 0 Å². The van der Waals surface area contributed by atoms with Crippen molar-refractivity contribution in [1.29, 1.82) is 0 Å². The van der Waals surface area contributed by atoms with Crippen LogP contribution in [0.5, 0.6) is 0 Å². The third-order valence-corrected chi connectivity index (χ3v) is 12.4. The molecule has 2 nitrogen and oxygen atoms in total. The Morgan fingerprint density at radius 2 is 0.898 bits per heavy atom. The molecule has 11 rings (SSSR count). The number of benzene rings is 9. The van der Waals surface area contributed by atoms with E-state index in [1.165, 1.54) is 77.4 Å². The van der Waals surface area contributed by atoms with Gasteiger partial charge in [-0.2, -0.15) is 0 Å². The lowest BCUT2D eigenvalue weighted by atomic mass is 9.82. The summed E-state index contributed by atoms with van der Waals surface area (Å²) in [5.41, 5.74) is 19.3. The van der Waals surface area contributed by atoms with Crippen molar-refractivity contribution >= 4 is 38.9 Å². The maximum Gasteiger partial charge on any atom is 0.0541 e. The molecule has 0 bridgehead atoms. The molecule has 0 amide bonds. The van der Waals surface area contributed by atoms with E-state index in [0.717, 1.165) is 22.7 Å². The first-order valence-electron chi connectivity index (χ1n) is 20.5. The average molecular weight is 755 g/mol. The highest BCUT2D eigenvalue weighted by Crippen LogP contribution is 2.51. The summed E-state index contributed by atoms with van der Waals surface area (Å²) in [4.78, 5) is 2.45. The van der Waals surface area contributed by atoms with Crippen molar-refractivity contribution in [2.45, 2.75) is 19.3 Å². The van der Waals surface area contributed by atoms with Crippen molar-refractivity contribution in [2.24, 2.45) is 0 Å². The first-order valence-corrected chi connectivity index (χ1v) is 20.5. The van der Waals surface area contributed by atoms with E-state index in [4.69, 9.17) is 0 Å². The van der Waals surface area contributed by atoms with E-state index in [2.05, 4.69) is 242 Å². The molecule has 0 spiro atoms. The zero-order valence-electron chi connectivity index (χ0n) is 33.2. The number of fused-ring (bicyclic) bond motifs is 6. The van der Waals surface area contributed by atoms with E-state index < -0.39 is 0 Å². The number of nitrogens with zero attached hydrogens (tertiary/aromatic N) is 2. The zero-order chi connectivity index (χ0) is 39.5. The molecule has 0 radical (unpaired) electrons. The summed E-state index contributed by atoms with van der Waals surface area (Å²) in [6, 6.07) is 79.9. The molecule has 0 fully saturated rings. The Bertz CT molecular complexity index is 3120. The normalized spacial score (nSPS) is 12.7.